The Hall–Kier alpha value is -2.07. The maximum Gasteiger partial charge on any atom is 0.225 e. The van der Waals surface area contributed by atoms with Crippen LogP contribution in [0.15, 0.2) is 24.8 Å². The van der Waals surface area contributed by atoms with Crippen LogP contribution in [0.1, 0.15) is 118 Å². The molecule has 1 spiro atoms. The smallest absolute Gasteiger partial charge is 0.225 e. The van der Waals surface area contributed by atoms with Crippen molar-refractivity contribution < 1.29 is 33.7 Å². The molecule has 2 amide bonds. The van der Waals surface area contributed by atoms with Crippen molar-refractivity contribution in [3.05, 3.63) is 24.8 Å². The summed E-state index contributed by atoms with van der Waals surface area (Å²) in [5, 5.41) is 16.4. The van der Waals surface area contributed by atoms with Crippen molar-refractivity contribution in [1.29, 1.82) is 0 Å². The summed E-state index contributed by atoms with van der Waals surface area (Å²) in [6.07, 6.45) is 15.2. The van der Waals surface area contributed by atoms with Gasteiger partial charge in [-0.25, -0.2) is 0 Å². The number of carbonyl (C=O) groups excluding carboxylic acids is 3. The van der Waals surface area contributed by atoms with Crippen molar-refractivity contribution >= 4 is 17.6 Å². The first-order chi connectivity index (χ1) is 21.9. The van der Waals surface area contributed by atoms with Crippen molar-refractivity contribution in [1.82, 2.24) is 10.6 Å². The molecule has 262 valence electrons. The number of allylic oxidation sites excluding steroid dienone is 3. The van der Waals surface area contributed by atoms with Gasteiger partial charge in [0.25, 0.3) is 0 Å². The first kappa shape index (κ1) is 38.4. The first-order valence-electron chi connectivity index (χ1n) is 18.0. The first-order valence-corrected chi connectivity index (χ1v) is 18.0. The zero-order valence-electron chi connectivity index (χ0n) is 29.1. The van der Waals surface area contributed by atoms with E-state index in [1.54, 1.807) is 19.1 Å². The van der Waals surface area contributed by atoms with Crippen LogP contribution >= 0.6 is 0 Å². The summed E-state index contributed by atoms with van der Waals surface area (Å²) >= 11 is 0. The van der Waals surface area contributed by atoms with Gasteiger partial charge in [0.05, 0.1) is 42.9 Å². The Bertz CT molecular complexity index is 1020. The lowest BCUT2D eigenvalue weighted by atomic mass is 9.85. The number of amides is 2. The van der Waals surface area contributed by atoms with E-state index in [2.05, 4.69) is 38.0 Å². The molecule has 3 aliphatic heterocycles. The van der Waals surface area contributed by atoms with E-state index < -0.39 is 17.8 Å². The van der Waals surface area contributed by atoms with E-state index in [1.807, 2.05) is 13.0 Å². The maximum absolute atomic E-state index is 12.8. The van der Waals surface area contributed by atoms with Crippen LogP contribution in [0.25, 0.3) is 0 Å². The molecule has 3 fully saturated rings. The number of hydrogen-bond acceptors (Lipinski definition) is 7. The molecular weight excluding hydrogens is 584 g/mol. The topological polar surface area (TPSA) is 123 Å². The molecule has 3 rings (SSSR count). The zero-order chi connectivity index (χ0) is 33.7. The van der Waals surface area contributed by atoms with Gasteiger partial charge >= 0.3 is 0 Å². The zero-order valence-corrected chi connectivity index (χ0v) is 29.1. The van der Waals surface area contributed by atoms with E-state index in [4.69, 9.17) is 14.2 Å². The predicted molar refractivity (Wildman–Crippen MR) is 180 cm³/mol. The van der Waals surface area contributed by atoms with Crippen LogP contribution in [-0.4, -0.2) is 72.1 Å². The van der Waals surface area contributed by atoms with Crippen LogP contribution in [0.3, 0.4) is 0 Å². The Morgan fingerprint density at radius 3 is 2.46 bits per heavy atom. The van der Waals surface area contributed by atoms with Gasteiger partial charge in [0, 0.05) is 32.4 Å². The number of aliphatic hydroxyl groups excluding tert-OH is 1. The molecule has 3 N–H and O–H groups in total. The fraction of sp³-hybridized carbons (Fsp3) is 0.811. The fourth-order valence-electron chi connectivity index (χ4n) is 6.95. The molecule has 3 saturated heterocycles. The Morgan fingerprint density at radius 1 is 0.957 bits per heavy atom. The second-order valence-corrected chi connectivity index (χ2v) is 14.3. The minimum atomic E-state index is -1.01. The number of nitrogens with one attached hydrogen (secondary N) is 2. The molecule has 3 heterocycles. The van der Waals surface area contributed by atoms with Crippen LogP contribution < -0.4 is 10.6 Å². The van der Waals surface area contributed by atoms with Gasteiger partial charge in [-0.1, -0.05) is 39.8 Å². The van der Waals surface area contributed by atoms with E-state index in [9.17, 15) is 19.5 Å². The minimum Gasteiger partial charge on any atom is -0.390 e. The normalized spacial score (nSPS) is 32.0. The molecule has 0 aliphatic carbocycles. The number of carbonyl (C=O) groups is 3. The summed E-state index contributed by atoms with van der Waals surface area (Å²) in [5.74, 6) is -0.462. The summed E-state index contributed by atoms with van der Waals surface area (Å²) < 4.78 is 19.4. The van der Waals surface area contributed by atoms with Gasteiger partial charge in [-0.15, -0.1) is 6.58 Å². The van der Waals surface area contributed by atoms with E-state index in [1.165, 1.54) is 0 Å². The van der Waals surface area contributed by atoms with Crippen LogP contribution in [-0.2, 0) is 28.6 Å². The molecule has 0 saturated carbocycles. The molecule has 10 atom stereocenters. The molecule has 46 heavy (non-hydrogen) atoms. The third-order valence-electron chi connectivity index (χ3n) is 10.4. The average molecular weight is 647 g/mol. The fourth-order valence-corrected chi connectivity index (χ4v) is 6.95. The highest BCUT2D eigenvalue weighted by Crippen LogP contribution is 2.43. The highest BCUT2D eigenvalue weighted by molar-refractivity contribution is 5.89. The molecule has 9 heteroatoms. The quantitative estimate of drug-likeness (QED) is 0.104. The summed E-state index contributed by atoms with van der Waals surface area (Å²) in [6, 6.07) is 0. The summed E-state index contributed by atoms with van der Waals surface area (Å²) in [7, 11) is 0. The Kier molecular flexibility index (Phi) is 15.9. The molecule has 0 aromatic carbocycles. The van der Waals surface area contributed by atoms with Gasteiger partial charge in [-0.2, -0.15) is 0 Å². The highest BCUT2D eigenvalue weighted by Gasteiger charge is 2.44. The standard InChI is InChI=1S/C37H62N2O7/c1-7-11-29(40)22-31-17-15-26(4)34(44-31)23-35(42)39-24-32(41)28(6)36(43)38-21-10-13-33-27(5)18-20-37(46-33)19-9-12-30(45-37)16-14-25(3)8-2/h7-8,11,25-28,30-34,41H,2,9-10,12-24H2,1,3-6H3,(H,38,43)(H,39,42)/t25-,26?,27?,28+,30+,31+,32+,33-,34?,37+/m1/s1. The van der Waals surface area contributed by atoms with E-state index in [-0.39, 0.29) is 60.9 Å². The van der Waals surface area contributed by atoms with Gasteiger partial charge in [0.2, 0.25) is 11.8 Å². The second-order valence-electron chi connectivity index (χ2n) is 14.3. The monoisotopic (exact) mass is 646 g/mol. The van der Waals surface area contributed by atoms with E-state index >= 15 is 0 Å². The van der Waals surface area contributed by atoms with Crippen molar-refractivity contribution in [3.8, 4) is 0 Å². The summed E-state index contributed by atoms with van der Waals surface area (Å²) in [4.78, 5) is 37.4. The molecule has 3 unspecified atom stereocenters. The lowest BCUT2D eigenvalue weighted by molar-refractivity contribution is -0.324. The third kappa shape index (κ3) is 12.2. The predicted octanol–water partition coefficient (Wildman–Crippen LogP) is 5.79. The molecule has 3 aliphatic rings. The number of rotatable bonds is 17. The van der Waals surface area contributed by atoms with Gasteiger partial charge in [0.1, 0.15) is 0 Å². The summed E-state index contributed by atoms with van der Waals surface area (Å²) in [6.45, 7) is 14.4. The lowest BCUT2D eigenvalue weighted by Gasteiger charge is -2.48. The van der Waals surface area contributed by atoms with Crippen LogP contribution in [0.5, 0.6) is 0 Å². The van der Waals surface area contributed by atoms with Crippen LogP contribution in [0.4, 0.5) is 0 Å². The number of ether oxygens (including phenoxy) is 3. The molecule has 0 aromatic rings. The molecule has 0 radical (unpaired) electrons. The second kappa shape index (κ2) is 19.1. The Balaban J connectivity index is 1.35. The van der Waals surface area contributed by atoms with Gasteiger partial charge in [0.15, 0.2) is 11.6 Å². The van der Waals surface area contributed by atoms with E-state index in [0.29, 0.717) is 24.8 Å². The lowest BCUT2D eigenvalue weighted by Crippen LogP contribution is -2.50. The minimum absolute atomic E-state index is 0.0132. The average Bonchev–Trinajstić information content (AvgIpc) is 3.03. The van der Waals surface area contributed by atoms with Crippen LogP contribution in [0.2, 0.25) is 0 Å². The molecule has 0 aromatic heterocycles. The number of aliphatic hydroxyl groups is 1. The van der Waals surface area contributed by atoms with Crippen LogP contribution in [0, 0.1) is 23.7 Å². The Morgan fingerprint density at radius 2 is 1.72 bits per heavy atom. The largest absolute Gasteiger partial charge is 0.390 e. The third-order valence-corrected chi connectivity index (χ3v) is 10.4. The van der Waals surface area contributed by atoms with E-state index in [0.717, 1.165) is 70.6 Å². The Labute approximate surface area is 277 Å². The molecular formula is C37H62N2O7. The van der Waals surface area contributed by atoms with Gasteiger partial charge in [-0.05, 0) is 88.5 Å². The summed E-state index contributed by atoms with van der Waals surface area (Å²) in [5.41, 5.74) is 0. The number of ketones is 1. The van der Waals surface area contributed by atoms with Crippen molar-refractivity contribution in [2.75, 3.05) is 13.1 Å². The number of hydrogen-bond donors (Lipinski definition) is 3. The van der Waals surface area contributed by atoms with Gasteiger partial charge < -0.3 is 30.0 Å². The molecule has 9 nitrogen and oxygen atoms in total. The maximum atomic E-state index is 12.8. The molecule has 0 bridgehead atoms. The highest BCUT2D eigenvalue weighted by atomic mass is 16.7. The van der Waals surface area contributed by atoms with Crippen molar-refractivity contribution in [2.45, 2.75) is 154 Å². The SMILES string of the molecule is C=C[C@@H](C)CC[C@@H]1CCC[C@]2(CCC(C)[C@@H](CCCNC(=O)[C@@H](C)[C@@H](O)CNC(=O)CC3O[C@H](CC(=O)C=CC)CCC3C)O2)O1. The van der Waals surface area contributed by atoms with Crippen molar-refractivity contribution in [2.24, 2.45) is 23.7 Å². The van der Waals surface area contributed by atoms with Gasteiger partial charge in [-0.3, -0.25) is 14.4 Å². The van der Waals surface area contributed by atoms with Crippen molar-refractivity contribution in [3.63, 3.8) is 0 Å².